The second kappa shape index (κ2) is 4.49. The van der Waals surface area contributed by atoms with Gasteiger partial charge in [0.2, 0.25) is 0 Å². The molecule has 3 rings (SSSR count). The summed E-state index contributed by atoms with van der Waals surface area (Å²) < 4.78 is 0. The second-order valence-electron chi connectivity index (χ2n) is 8.16. The van der Waals surface area contributed by atoms with Crippen LogP contribution in [0, 0.1) is 17.3 Å². The molecule has 18 heavy (non-hydrogen) atoms. The highest BCUT2D eigenvalue weighted by Gasteiger charge is 2.54. The molecule has 2 nitrogen and oxygen atoms in total. The first-order chi connectivity index (χ1) is 8.47. The largest absolute Gasteiger partial charge is 0.312 e. The minimum absolute atomic E-state index is 0.277. The average Bonchev–Trinajstić information content (AvgIpc) is 3.14. The molecule has 0 aromatic rings. The van der Waals surface area contributed by atoms with Crippen molar-refractivity contribution in [2.75, 3.05) is 26.2 Å². The van der Waals surface area contributed by atoms with Crippen LogP contribution in [-0.4, -0.2) is 36.6 Å². The minimum Gasteiger partial charge on any atom is -0.312 e. The van der Waals surface area contributed by atoms with Crippen LogP contribution < -0.4 is 5.32 Å². The summed E-state index contributed by atoms with van der Waals surface area (Å²) in [6.07, 6.45) is 7.52. The smallest absolute Gasteiger partial charge is 0.00966 e. The Morgan fingerprint density at radius 3 is 2.44 bits per heavy atom. The normalized spacial score (nSPS) is 31.8. The summed E-state index contributed by atoms with van der Waals surface area (Å²) in [5.74, 6) is 2.00. The molecule has 1 heterocycles. The van der Waals surface area contributed by atoms with Crippen molar-refractivity contribution in [3.05, 3.63) is 0 Å². The van der Waals surface area contributed by atoms with Crippen molar-refractivity contribution in [1.82, 2.24) is 10.2 Å². The second-order valence-corrected chi connectivity index (χ2v) is 8.16. The standard InChI is InChI=1S/C16H30N2/c1-15(2,3)17-10-13-6-9-18(11-13)12-16(7-8-16)14-4-5-14/h13-14,17H,4-12H2,1-3H3. The molecule has 2 aliphatic carbocycles. The van der Waals surface area contributed by atoms with Gasteiger partial charge in [-0.3, -0.25) is 0 Å². The summed E-state index contributed by atoms with van der Waals surface area (Å²) in [4.78, 5) is 2.76. The lowest BCUT2D eigenvalue weighted by atomic mass is 10.00. The quantitative estimate of drug-likeness (QED) is 0.807. The zero-order valence-electron chi connectivity index (χ0n) is 12.5. The first kappa shape index (κ1) is 12.9. The lowest BCUT2D eigenvalue weighted by Gasteiger charge is -2.25. The maximum atomic E-state index is 3.67. The summed E-state index contributed by atoms with van der Waals surface area (Å²) in [5.41, 5.74) is 1.07. The van der Waals surface area contributed by atoms with E-state index < -0.39 is 0 Å². The van der Waals surface area contributed by atoms with Crippen molar-refractivity contribution in [2.24, 2.45) is 17.3 Å². The van der Waals surface area contributed by atoms with Gasteiger partial charge in [0, 0.05) is 18.6 Å². The lowest BCUT2D eigenvalue weighted by molar-refractivity contribution is 0.233. The number of nitrogens with one attached hydrogen (secondary N) is 1. The van der Waals surface area contributed by atoms with Crippen molar-refractivity contribution in [2.45, 2.75) is 58.4 Å². The molecular weight excluding hydrogens is 220 g/mol. The Balaban J connectivity index is 1.41. The third kappa shape index (κ3) is 3.08. The lowest BCUT2D eigenvalue weighted by Crippen LogP contribution is -2.40. The van der Waals surface area contributed by atoms with Crippen molar-refractivity contribution in [1.29, 1.82) is 0 Å². The van der Waals surface area contributed by atoms with E-state index in [-0.39, 0.29) is 5.54 Å². The average molecular weight is 250 g/mol. The number of hydrogen-bond donors (Lipinski definition) is 1. The van der Waals surface area contributed by atoms with Crippen LogP contribution in [0.15, 0.2) is 0 Å². The molecule has 2 heteroatoms. The van der Waals surface area contributed by atoms with Gasteiger partial charge in [-0.25, -0.2) is 0 Å². The van der Waals surface area contributed by atoms with E-state index in [0.29, 0.717) is 0 Å². The van der Waals surface area contributed by atoms with Crippen LogP contribution in [0.25, 0.3) is 0 Å². The van der Waals surface area contributed by atoms with Gasteiger partial charge >= 0.3 is 0 Å². The highest BCUT2D eigenvalue weighted by molar-refractivity contribution is 5.06. The summed E-state index contributed by atoms with van der Waals surface area (Å²) in [6, 6.07) is 0. The molecule has 0 aromatic carbocycles. The Labute approximate surface area is 113 Å². The Hall–Kier alpha value is -0.0800. The summed E-state index contributed by atoms with van der Waals surface area (Å²) >= 11 is 0. The van der Waals surface area contributed by atoms with Gasteiger partial charge in [-0.2, -0.15) is 0 Å². The number of likely N-dealkylation sites (tertiary alicyclic amines) is 1. The summed E-state index contributed by atoms with van der Waals surface area (Å²) in [5, 5.41) is 3.67. The predicted molar refractivity (Wildman–Crippen MR) is 76.7 cm³/mol. The van der Waals surface area contributed by atoms with Crippen molar-refractivity contribution < 1.29 is 0 Å². The summed E-state index contributed by atoms with van der Waals surface area (Å²) in [6.45, 7) is 12.1. The van der Waals surface area contributed by atoms with E-state index in [2.05, 4.69) is 31.0 Å². The molecule has 0 amide bonds. The van der Waals surface area contributed by atoms with Gasteiger partial charge in [-0.15, -0.1) is 0 Å². The van der Waals surface area contributed by atoms with Gasteiger partial charge < -0.3 is 10.2 Å². The van der Waals surface area contributed by atoms with E-state index in [0.717, 1.165) is 17.3 Å². The highest BCUT2D eigenvalue weighted by Crippen LogP contribution is 2.61. The van der Waals surface area contributed by atoms with Crippen LogP contribution in [0.4, 0.5) is 0 Å². The van der Waals surface area contributed by atoms with Crippen LogP contribution in [0.5, 0.6) is 0 Å². The van der Waals surface area contributed by atoms with Gasteiger partial charge in [0.25, 0.3) is 0 Å². The monoisotopic (exact) mass is 250 g/mol. The molecule has 1 atom stereocenters. The molecule has 104 valence electrons. The molecule has 1 unspecified atom stereocenters. The van der Waals surface area contributed by atoms with Crippen molar-refractivity contribution in [3.63, 3.8) is 0 Å². The first-order valence-electron chi connectivity index (χ1n) is 7.94. The third-order valence-electron chi connectivity index (χ3n) is 5.17. The fourth-order valence-electron chi connectivity index (χ4n) is 3.67. The fraction of sp³-hybridized carbons (Fsp3) is 1.00. The molecule has 0 radical (unpaired) electrons. The third-order valence-corrected chi connectivity index (χ3v) is 5.17. The molecule has 0 bridgehead atoms. The van der Waals surface area contributed by atoms with E-state index >= 15 is 0 Å². The Kier molecular flexibility index (Phi) is 3.22. The van der Waals surface area contributed by atoms with Crippen LogP contribution in [0.3, 0.4) is 0 Å². The fourth-order valence-corrected chi connectivity index (χ4v) is 3.67. The molecule has 0 aromatic heterocycles. The molecule has 3 fully saturated rings. The number of nitrogens with zero attached hydrogens (tertiary/aromatic N) is 1. The van der Waals surface area contributed by atoms with E-state index in [4.69, 9.17) is 0 Å². The molecule has 0 spiro atoms. The topological polar surface area (TPSA) is 15.3 Å². The summed E-state index contributed by atoms with van der Waals surface area (Å²) in [7, 11) is 0. The van der Waals surface area contributed by atoms with Gasteiger partial charge in [0.1, 0.15) is 0 Å². The Bertz CT molecular complexity index is 297. The van der Waals surface area contributed by atoms with E-state index in [1.807, 2.05) is 0 Å². The van der Waals surface area contributed by atoms with Gasteiger partial charge in [-0.1, -0.05) is 0 Å². The minimum atomic E-state index is 0.277. The highest BCUT2D eigenvalue weighted by atomic mass is 15.2. The zero-order chi connectivity index (χ0) is 12.8. The maximum absolute atomic E-state index is 3.67. The molecule has 1 saturated heterocycles. The zero-order valence-corrected chi connectivity index (χ0v) is 12.5. The van der Waals surface area contributed by atoms with Gasteiger partial charge in [0.15, 0.2) is 0 Å². The number of rotatable bonds is 5. The van der Waals surface area contributed by atoms with Crippen molar-refractivity contribution >= 4 is 0 Å². The van der Waals surface area contributed by atoms with Crippen LogP contribution >= 0.6 is 0 Å². The predicted octanol–water partition coefficient (Wildman–Crippen LogP) is 2.89. The van der Waals surface area contributed by atoms with Gasteiger partial charge in [0.05, 0.1) is 0 Å². The SMILES string of the molecule is CC(C)(C)NCC1CCN(CC2(C3CC3)CC2)C1. The van der Waals surface area contributed by atoms with Crippen molar-refractivity contribution in [3.8, 4) is 0 Å². The van der Waals surface area contributed by atoms with Gasteiger partial charge in [-0.05, 0) is 83.2 Å². The van der Waals surface area contributed by atoms with E-state index in [1.54, 1.807) is 0 Å². The van der Waals surface area contributed by atoms with E-state index in [1.165, 1.54) is 58.3 Å². The molecule has 1 aliphatic heterocycles. The van der Waals surface area contributed by atoms with Crippen LogP contribution in [-0.2, 0) is 0 Å². The first-order valence-corrected chi connectivity index (χ1v) is 7.94. The van der Waals surface area contributed by atoms with Crippen LogP contribution in [0.1, 0.15) is 52.9 Å². The molecule has 2 saturated carbocycles. The maximum Gasteiger partial charge on any atom is 0.00966 e. The van der Waals surface area contributed by atoms with Crippen LogP contribution in [0.2, 0.25) is 0 Å². The Morgan fingerprint density at radius 1 is 1.17 bits per heavy atom. The van der Waals surface area contributed by atoms with E-state index in [9.17, 15) is 0 Å². The Morgan fingerprint density at radius 2 is 1.89 bits per heavy atom. The number of hydrogen-bond acceptors (Lipinski definition) is 2. The molecule has 1 N–H and O–H groups in total. The molecule has 3 aliphatic rings. The molecular formula is C16H30N2.